The van der Waals surface area contributed by atoms with E-state index in [1.807, 2.05) is 54.6 Å². The predicted molar refractivity (Wildman–Crippen MR) is 88.3 cm³/mol. The van der Waals surface area contributed by atoms with Crippen LogP contribution in [0.4, 0.5) is 5.69 Å². The van der Waals surface area contributed by atoms with Gasteiger partial charge in [-0.1, -0.05) is 18.2 Å². The van der Waals surface area contributed by atoms with E-state index in [0.29, 0.717) is 0 Å². The molecule has 0 aromatic heterocycles. The highest BCUT2D eigenvalue weighted by atomic mass is 16.7. The largest absolute Gasteiger partial charge is 0.465 e. The summed E-state index contributed by atoms with van der Waals surface area (Å²) in [7, 11) is 0. The smallest absolute Gasteiger partial charge is 0.199 e. The zero-order valence-corrected chi connectivity index (χ0v) is 12.4. The van der Waals surface area contributed by atoms with Crippen molar-refractivity contribution in [2.45, 2.75) is 25.6 Å². The Morgan fingerprint density at radius 2 is 1.86 bits per heavy atom. The van der Waals surface area contributed by atoms with Crippen LogP contribution in [0, 0.1) is 0 Å². The highest BCUT2D eigenvalue weighted by Gasteiger charge is 2.14. The molecule has 0 aliphatic carbocycles. The molecule has 1 saturated heterocycles. The topological polar surface area (TPSA) is 42.9 Å². The summed E-state index contributed by atoms with van der Waals surface area (Å²) in [5.74, 6) is 0.833. The van der Waals surface area contributed by atoms with Crippen LogP contribution in [0.1, 0.15) is 24.8 Å². The standard InChI is InChI=1S/C18H20N2O2/c1-2-6-16(7-3-1)20-19-14-15-9-11-17(12-10-15)22-18-8-4-5-13-21-18/h1-3,6-7,9-12,14,18,20H,4-5,8,13H2. The van der Waals surface area contributed by atoms with Gasteiger partial charge in [-0.05, 0) is 54.8 Å². The van der Waals surface area contributed by atoms with Crippen molar-refractivity contribution in [1.29, 1.82) is 0 Å². The lowest BCUT2D eigenvalue weighted by molar-refractivity contribution is -0.105. The fraction of sp³-hybridized carbons (Fsp3) is 0.278. The summed E-state index contributed by atoms with van der Waals surface area (Å²) in [6.07, 6.45) is 4.94. The lowest BCUT2D eigenvalue weighted by Gasteiger charge is -2.23. The first kappa shape index (κ1) is 14.6. The van der Waals surface area contributed by atoms with Crippen LogP contribution in [0.2, 0.25) is 0 Å². The second kappa shape index (κ2) is 7.61. The highest BCUT2D eigenvalue weighted by Crippen LogP contribution is 2.19. The molecule has 0 amide bonds. The van der Waals surface area contributed by atoms with E-state index < -0.39 is 0 Å². The molecule has 0 radical (unpaired) electrons. The monoisotopic (exact) mass is 296 g/mol. The minimum absolute atomic E-state index is 0.104. The molecule has 1 heterocycles. The minimum Gasteiger partial charge on any atom is -0.465 e. The molecule has 1 N–H and O–H groups in total. The fourth-order valence-electron chi connectivity index (χ4n) is 2.28. The van der Waals surface area contributed by atoms with Gasteiger partial charge in [-0.3, -0.25) is 5.43 Å². The van der Waals surface area contributed by atoms with Crippen LogP contribution in [0.15, 0.2) is 59.7 Å². The maximum Gasteiger partial charge on any atom is 0.199 e. The fourth-order valence-corrected chi connectivity index (χ4v) is 2.28. The van der Waals surface area contributed by atoms with Crippen LogP contribution in [0.25, 0.3) is 0 Å². The summed E-state index contributed by atoms with van der Waals surface area (Å²) in [6, 6.07) is 17.7. The van der Waals surface area contributed by atoms with Crippen molar-refractivity contribution in [3.63, 3.8) is 0 Å². The first-order valence-electron chi connectivity index (χ1n) is 7.62. The Bertz CT molecular complexity index is 590. The van der Waals surface area contributed by atoms with Gasteiger partial charge < -0.3 is 9.47 Å². The number of rotatable bonds is 5. The quantitative estimate of drug-likeness (QED) is 0.669. The molecule has 0 spiro atoms. The Morgan fingerprint density at radius 1 is 1.05 bits per heavy atom. The van der Waals surface area contributed by atoms with E-state index >= 15 is 0 Å². The van der Waals surface area contributed by atoms with Crippen molar-refractivity contribution in [1.82, 2.24) is 0 Å². The Balaban J connectivity index is 1.52. The molecule has 1 unspecified atom stereocenters. The first-order chi connectivity index (χ1) is 10.9. The van der Waals surface area contributed by atoms with Crippen molar-refractivity contribution in [3.05, 3.63) is 60.2 Å². The maximum atomic E-state index is 5.80. The van der Waals surface area contributed by atoms with Crippen LogP contribution in [0.3, 0.4) is 0 Å². The number of nitrogens with zero attached hydrogens (tertiary/aromatic N) is 1. The third-order valence-electron chi connectivity index (χ3n) is 3.47. The molecule has 1 aliphatic rings. The third kappa shape index (κ3) is 4.33. The zero-order chi connectivity index (χ0) is 15.0. The van der Waals surface area contributed by atoms with Gasteiger partial charge >= 0.3 is 0 Å². The van der Waals surface area contributed by atoms with Gasteiger partial charge in [0.2, 0.25) is 0 Å². The van der Waals surface area contributed by atoms with Gasteiger partial charge in [0.1, 0.15) is 5.75 Å². The molecule has 2 aromatic carbocycles. The van der Waals surface area contributed by atoms with Gasteiger partial charge in [0.25, 0.3) is 0 Å². The van der Waals surface area contributed by atoms with E-state index in [9.17, 15) is 0 Å². The number of hydrazone groups is 1. The lowest BCUT2D eigenvalue weighted by atomic mass is 10.2. The van der Waals surface area contributed by atoms with E-state index in [1.165, 1.54) is 6.42 Å². The van der Waals surface area contributed by atoms with Gasteiger partial charge in [-0.25, -0.2) is 0 Å². The minimum atomic E-state index is -0.104. The molecule has 3 rings (SSSR count). The molecular weight excluding hydrogens is 276 g/mol. The molecule has 114 valence electrons. The summed E-state index contributed by atoms with van der Waals surface area (Å²) >= 11 is 0. The van der Waals surface area contributed by atoms with Crippen molar-refractivity contribution in [3.8, 4) is 5.75 Å². The second-order valence-corrected chi connectivity index (χ2v) is 5.22. The molecule has 22 heavy (non-hydrogen) atoms. The van der Waals surface area contributed by atoms with Gasteiger partial charge in [-0.2, -0.15) is 5.10 Å². The van der Waals surface area contributed by atoms with Crippen LogP contribution in [0.5, 0.6) is 5.75 Å². The third-order valence-corrected chi connectivity index (χ3v) is 3.47. The summed E-state index contributed by atoms with van der Waals surface area (Å²) < 4.78 is 11.4. The van der Waals surface area contributed by atoms with Crippen molar-refractivity contribution < 1.29 is 9.47 Å². The predicted octanol–water partition coefficient (Wildman–Crippen LogP) is 4.04. The molecule has 4 heteroatoms. The summed E-state index contributed by atoms with van der Waals surface area (Å²) in [5, 5.41) is 4.22. The average molecular weight is 296 g/mol. The summed E-state index contributed by atoms with van der Waals surface area (Å²) in [6.45, 7) is 0.792. The number of hydrogen-bond acceptors (Lipinski definition) is 4. The van der Waals surface area contributed by atoms with Gasteiger partial charge in [0, 0.05) is 6.42 Å². The van der Waals surface area contributed by atoms with Gasteiger partial charge in [0.15, 0.2) is 6.29 Å². The maximum absolute atomic E-state index is 5.80. The first-order valence-corrected chi connectivity index (χ1v) is 7.62. The van der Waals surface area contributed by atoms with E-state index in [1.54, 1.807) is 6.21 Å². The number of hydrogen-bond donors (Lipinski definition) is 1. The Morgan fingerprint density at radius 3 is 2.59 bits per heavy atom. The molecule has 0 saturated carbocycles. The number of nitrogens with one attached hydrogen (secondary N) is 1. The molecule has 1 aliphatic heterocycles. The van der Waals surface area contributed by atoms with E-state index in [-0.39, 0.29) is 6.29 Å². The van der Waals surface area contributed by atoms with Crippen LogP contribution >= 0.6 is 0 Å². The Kier molecular flexibility index (Phi) is 5.05. The second-order valence-electron chi connectivity index (χ2n) is 5.22. The zero-order valence-electron chi connectivity index (χ0n) is 12.4. The SMILES string of the molecule is C(=NNc1ccccc1)c1ccc(OC2CCCCO2)cc1. The van der Waals surface area contributed by atoms with E-state index in [4.69, 9.17) is 9.47 Å². The average Bonchev–Trinajstić information content (AvgIpc) is 2.58. The number of anilines is 1. The summed E-state index contributed by atoms with van der Waals surface area (Å²) in [4.78, 5) is 0. The van der Waals surface area contributed by atoms with Crippen molar-refractivity contribution >= 4 is 11.9 Å². The van der Waals surface area contributed by atoms with E-state index in [2.05, 4.69) is 10.5 Å². The molecular formula is C18H20N2O2. The van der Waals surface area contributed by atoms with Crippen molar-refractivity contribution in [2.75, 3.05) is 12.0 Å². The molecule has 2 aromatic rings. The Labute approximate surface area is 130 Å². The highest BCUT2D eigenvalue weighted by molar-refractivity contribution is 5.80. The van der Waals surface area contributed by atoms with Crippen molar-refractivity contribution in [2.24, 2.45) is 5.10 Å². The van der Waals surface area contributed by atoms with Gasteiger partial charge in [-0.15, -0.1) is 0 Å². The van der Waals surface area contributed by atoms with Gasteiger partial charge in [0.05, 0.1) is 18.5 Å². The Hall–Kier alpha value is -2.33. The van der Waals surface area contributed by atoms with Crippen LogP contribution < -0.4 is 10.2 Å². The molecule has 0 bridgehead atoms. The van der Waals surface area contributed by atoms with Crippen LogP contribution in [-0.2, 0) is 4.74 Å². The number of benzene rings is 2. The molecule has 1 fully saturated rings. The van der Waals surface area contributed by atoms with E-state index in [0.717, 1.165) is 36.4 Å². The normalized spacial score (nSPS) is 18.3. The number of para-hydroxylation sites is 1. The molecule has 1 atom stereocenters. The summed E-state index contributed by atoms with van der Waals surface area (Å²) in [5.41, 5.74) is 4.97. The lowest BCUT2D eigenvalue weighted by Crippen LogP contribution is -2.24. The number of ether oxygens (including phenoxy) is 2. The molecule has 4 nitrogen and oxygen atoms in total. The van der Waals surface area contributed by atoms with Crippen LogP contribution in [-0.4, -0.2) is 19.1 Å².